The molecular weight excluding hydrogens is 467 g/mol. The van der Waals surface area contributed by atoms with Crippen molar-refractivity contribution in [3.05, 3.63) is 95.9 Å². The number of nitrogens with one attached hydrogen (secondary N) is 1. The van der Waals surface area contributed by atoms with Crippen LogP contribution >= 0.6 is 11.3 Å². The average Bonchev–Trinajstić information content (AvgIpc) is 3.51. The minimum Gasteiger partial charge on any atom is -0.406 e. The zero-order valence-corrected chi connectivity index (χ0v) is 18.3. The Morgan fingerprint density at radius 2 is 1.76 bits per heavy atom. The van der Waals surface area contributed by atoms with Gasteiger partial charge in [0, 0.05) is 22.8 Å². The standard InChI is InChI=1S/C24H18F3N3O3S/c25-24(26,27)33-18-8-6-16(7-9-18)20-10-11-21(34-20)23(32)29-19(14-30-13-12-28-15-30)22(31)17-4-2-1-3-5-17/h1-13,15,19H,14H2,(H,29,32). The highest BCUT2D eigenvalue weighted by Crippen LogP contribution is 2.31. The quantitative estimate of drug-likeness (QED) is 0.349. The van der Waals surface area contributed by atoms with Crippen LogP contribution in [-0.2, 0) is 6.54 Å². The minimum absolute atomic E-state index is 0.207. The lowest BCUT2D eigenvalue weighted by molar-refractivity contribution is -0.274. The summed E-state index contributed by atoms with van der Waals surface area (Å²) in [6, 6.07) is 16.5. The summed E-state index contributed by atoms with van der Waals surface area (Å²) in [6.07, 6.45) is 0.0856. The number of nitrogens with zero attached hydrogens (tertiary/aromatic N) is 2. The van der Waals surface area contributed by atoms with E-state index >= 15 is 0 Å². The molecule has 0 fully saturated rings. The van der Waals surface area contributed by atoms with E-state index in [-0.39, 0.29) is 18.1 Å². The van der Waals surface area contributed by atoms with Crippen molar-refractivity contribution < 1.29 is 27.5 Å². The fourth-order valence-electron chi connectivity index (χ4n) is 3.27. The lowest BCUT2D eigenvalue weighted by atomic mass is 10.0. The number of thiophene rings is 1. The summed E-state index contributed by atoms with van der Waals surface area (Å²) >= 11 is 1.17. The van der Waals surface area contributed by atoms with E-state index in [9.17, 15) is 22.8 Å². The Labute approximate surface area is 196 Å². The molecule has 1 N–H and O–H groups in total. The first-order chi connectivity index (χ1) is 16.3. The molecule has 2 aromatic heterocycles. The van der Waals surface area contributed by atoms with Crippen LogP contribution in [0.1, 0.15) is 20.0 Å². The van der Waals surface area contributed by atoms with Gasteiger partial charge in [0.1, 0.15) is 11.8 Å². The van der Waals surface area contributed by atoms with E-state index < -0.39 is 18.3 Å². The Kier molecular flexibility index (Phi) is 6.78. The van der Waals surface area contributed by atoms with Crippen LogP contribution in [0.4, 0.5) is 13.2 Å². The highest BCUT2D eigenvalue weighted by molar-refractivity contribution is 7.17. The van der Waals surface area contributed by atoms with Gasteiger partial charge < -0.3 is 14.6 Å². The Hall–Kier alpha value is -3.92. The van der Waals surface area contributed by atoms with Gasteiger partial charge in [0.2, 0.25) is 0 Å². The number of rotatable bonds is 8. The van der Waals surface area contributed by atoms with Crippen molar-refractivity contribution in [3.63, 3.8) is 0 Å². The van der Waals surface area contributed by atoms with E-state index in [1.807, 2.05) is 0 Å². The maximum Gasteiger partial charge on any atom is 0.573 e. The smallest absolute Gasteiger partial charge is 0.406 e. The number of imidazole rings is 1. The molecule has 0 aliphatic heterocycles. The first kappa shape index (κ1) is 23.2. The highest BCUT2D eigenvalue weighted by Gasteiger charge is 2.31. The lowest BCUT2D eigenvalue weighted by Crippen LogP contribution is -2.43. The first-order valence-corrected chi connectivity index (χ1v) is 10.9. The van der Waals surface area contributed by atoms with E-state index in [0.717, 1.165) is 0 Å². The number of carbonyl (C=O) groups is 2. The number of halogens is 3. The second-order valence-electron chi connectivity index (χ2n) is 7.25. The summed E-state index contributed by atoms with van der Waals surface area (Å²) in [5.41, 5.74) is 1.11. The Bertz CT molecular complexity index is 1250. The van der Waals surface area contributed by atoms with Gasteiger partial charge in [0.05, 0.1) is 17.7 Å². The van der Waals surface area contributed by atoms with Crippen molar-refractivity contribution in [1.82, 2.24) is 14.9 Å². The Balaban J connectivity index is 1.49. The van der Waals surface area contributed by atoms with Crippen LogP contribution in [0.15, 0.2) is 85.5 Å². The van der Waals surface area contributed by atoms with Crippen LogP contribution in [0.25, 0.3) is 10.4 Å². The number of hydrogen-bond acceptors (Lipinski definition) is 5. The second kappa shape index (κ2) is 9.92. The van der Waals surface area contributed by atoms with Gasteiger partial charge in [-0.25, -0.2) is 4.98 Å². The predicted octanol–water partition coefficient (Wildman–Crippen LogP) is 5.19. The molecule has 0 radical (unpaired) electrons. The summed E-state index contributed by atoms with van der Waals surface area (Å²) in [4.78, 5) is 31.0. The second-order valence-corrected chi connectivity index (χ2v) is 8.34. The van der Waals surface area contributed by atoms with Crippen molar-refractivity contribution in [2.24, 2.45) is 0 Å². The van der Waals surface area contributed by atoms with Crippen LogP contribution in [0.3, 0.4) is 0 Å². The SMILES string of the molecule is O=C(NC(Cn1ccnc1)C(=O)c1ccccc1)c1ccc(-c2ccc(OC(F)(F)F)cc2)s1. The summed E-state index contributed by atoms with van der Waals surface area (Å²) in [6.45, 7) is 0.207. The lowest BCUT2D eigenvalue weighted by Gasteiger charge is -2.18. The summed E-state index contributed by atoms with van der Waals surface area (Å²) in [5.74, 6) is -0.991. The number of carbonyl (C=O) groups excluding carboxylic acids is 2. The first-order valence-electron chi connectivity index (χ1n) is 10.1. The Morgan fingerprint density at radius 1 is 1.03 bits per heavy atom. The van der Waals surface area contributed by atoms with Crippen LogP contribution in [0.5, 0.6) is 5.75 Å². The summed E-state index contributed by atoms with van der Waals surface area (Å²) < 4.78 is 42.6. The fraction of sp³-hybridized carbons (Fsp3) is 0.125. The monoisotopic (exact) mass is 485 g/mol. The van der Waals surface area contributed by atoms with Crippen LogP contribution in [-0.4, -0.2) is 33.6 Å². The van der Waals surface area contributed by atoms with Gasteiger partial charge in [-0.3, -0.25) is 9.59 Å². The number of aromatic nitrogens is 2. The van der Waals surface area contributed by atoms with Gasteiger partial charge >= 0.3 is 6.36 Å². The number of benzene rings is 2. The maximum absolute atomic E-state index is 13.1. The number of hydrogen-bond donors (Lipinski definition) is 1. The largest absolute Gasteiger partial charge is 0.573 e. The molecule has 0 bridgehead atoms. The third-order valence-corrected chi connectivity index (χ3v) is 5.97. The molecule has 4 aromatic rings. The van der Waals surface area contributed by atoms with Gasteiger partial charge in [-0.05, 0) is 42.0 Å². The molecule has 0 aliphatic rings. The predicted molar refractivity (Wildman–Crippen MR) is 121 cm³/mol. The molecular formula is C24H18F3N3O3S. The molecule has 1 atom stereocenters. The van der Waals surface area contributed by atoms with Crippen LogP contribution in [0.2, 0.25) is 0 Å². The van der Waals surface area contributed by atoms with Crippen LogP contribution < -0.4 is 10.1 Å². The normalized spacial score (nSPS) is 12.2. The van der Waals surface area contributed by atoms with Crippen molar-refractivity contribution in [2.45, 2.75) is 18.9 Å². The van der Waals surface area contributed by atoms with Crippen molar-refractivity contribution in [1.29, 1.82) is 0 Å². The Morgan fingerprint density at radius 3 is 2.41 bits per heavy atom. The van der Waals surface area contributed by atoms with Crippen molar-refractivity contribution in [2.75, 3.05) is 0 Å². The topological polar surface area (TPSA) is 73.2 Å². The third kappa shape index (κ3) is 5.90. The molecule has 6 nitrogen and oxygen atoms in total. The molecule has 2 aromatic carbocycles. The van der Waals surface area contributed by atoms with Gasteiger partial charge in [0.25, 0.3) is 5.91 Å². The number of amides is 1. The van der Waals surface area contributed by atoms with Crippen molar-refractivity contribution in [3.8, 4) is 16.2 Å². The molecule has 174 valence electrons. The fourth-order valence-corrected chi connectivity index (χ4v) is 4.18. The number of Topliss-reactive ketones (excluding diaryl/α,β-unsaturated/α-hetero) is 1. The molecule has 0 saturated heterocycles. The van der Waals surface area contributed by atoms with E-state index in [1.165, 1.54) is 35.6 Å². The van der Waals surface area contributed by atoms with E-state index in [2.05, 4.69) is 15.0 Å². The zero-order chi connectivity index (χ0) is 24.1. The molecule has 4 rings (SSSR count). The summed E-state index contributed by atoms with van der Waals surface area (Å²) in [5, 5.41) is 2.80. The molecule has 0 aliphatic carbocycles. The molecule has 0 spiro atoms. The molecule has 0 saturated carbocycles. The van der Waals surface area contributed by atoms with Gasteiger partial charge in [-0.1, -0.05) is 30.3 Å². The minimum atomic E-state index is -4.76. The van der Waals surface area contributed by atoms with Gasteiger partial charge in [-0.2, -0.15) is 0 Å². The molecule has 10 heteroatoms. The molecule has 2 heterocycles. The number of ketones is 1. The van der Waals surface area contributed by atoms with E-state index in [1.54, 1.807) is 65.8 Å². The zero-order valence-electron chi connectivity index (χ0n) is 17.5. The van der Waals surface area contributed by atoms with Gasteiger partial charge in [0.15, 0.2) is 5.78 Å². The summed E-state index contributed by atoms with van der Waals surface area (Å²) in [7, 11) is 0. The van der Waals surface area contributed by atoms with E-state index in [4.69, 9.17) is 0 Å². The number of ether oxygens (including phenoxy) is 1. The molecule has 34 heavy (non-hydrogen) atoms. The number of alkyl halides is 3. The highest BCUT2D eigenvalue weighted by atomic mass is 32.1. The maximum atomic E-state index is 13.1. The van der Waals surface area contributed by atoms with Crippen molar-refractivity contribution >= 4 is 23.0 Å². The molecule has 1 amide bonds. The third-order valence-electron chi connectivity index (χ3n) is 4.83. The van der Waals surface area contributed by atoms with Gasteiger partial charge in [-0.15, -0.1) is 24.5 Å². The van der Waals surface area contributed by atoms with E-state index in [0.29, 0.717) is 20.9 Å². The molecule has 1 unspecified atom stereocenters. The van der Waals surface area contributed by atoms with Crippen LogP contribution in [0, 0.1) is 0 Å². The average molecular weight is 485 g/mol.